The van der Waals surface area contributed by atoms with Crippen molar-refractivity contribution in [2.75, 3.05) is 45.3 Å². The first-order chi connectivity index (χ1) is 13.2. The van der Waals surface area contributed by atoms with Gasteiger partial charge in [0.25, 0.3) is 0 Å². The van der Waals surface area contributed by atoms with Crippen molar-refractivity contribution in [3.63, 3.8) is 0 Å². The third kappa shape index (κ3) is 3.94. The maximum atomic E-state index is 12.7. The van der Waals surface area contributed by atoms with E-state index in [9.17, 15) is 4.79 Å². The zero-order valence-corrected chi connectivity index (χ0v) is 16.3. The molecule has 1 aliphatic carbocycles. The number of carbonyl (C=O) groups is 1. The van der Waals surface area contributed by atoms with E-state index in [0.29, 0.717) is 24.2 Å². The van der Waals surface area contributed by atoms with E-state index in [1.54, 1.807) is 0 Å². The lowest BCUT2D eigenvalue weighted by Gasteiger charge is -2.32. The molecule has 3 heterocycles. The van der Waals surface area contributed by atoms with E-state index in [0.717, 1.165) is 50.9 Å². The molecule has 2 aliphatic heterocycles. The maximum absolute atomic E-state index is 12.7. The molecule has 2 atom stereocenters. The Morgan fingerprint density at radius 3 is 2.11 bits per heavy atom. The average molecular weight is 375 g/mol. The number of aromatic nitrogens is 3. The van der Waals surface area contributed by atoms with Gasteiger partial charge in [0, 0.05) is 32.6 Å². The molecule has 0 bridgehead atoms. The Kier molecular flexibility index (Phi) is 5.31. The Morgan fingerprint density at radius 2 is 1.56 bits per heavy atom. The first-order valence-corrected chi connectivity index (χ1v) is 10.0. The molecule has 3 aliphatic rings. The van der Waals surface area contributed by atoms with Crippen molar-refractivity contribution in [3.05, 3.63) is 0 Å². The zero-order chi connectivity index (χ0) is 18.8. The van der Waals surface area contributed by atoms with Crippen LogP contribution in [0.1, 0.15) is 38.5 Å². The number of likely N-dealkylation sites (tertiary alicyclic amines) is 1. The molecule has 8 heteroatoms. The number of hydrogen-bond donors (Lipinski definition) is 0. The molecule has 2 unspecified atom stereocenters. The van der Waals surface area contributed by atoms with Gasteiger partial charge in [-0.05, 0) is 43.4 Å². The molecule has 1 amide bonds. The molecule has 3 fully saturated rings. The molecule has 0 N–H and O–H groups in total. The van der Waals surface area contributed by atoms with Crippen LogP contribution in [0.2, 0.25) is 0 Å². The van der Waals surface area contributed by atoms with E-state index >= 15 is 0 Å². The number of amides is 1. The highest BCUT2D eigenvalue weighted by atomic mass is 16.5. The van der Waals surface area contributed by atoms with Gasteiger partial charge in [0.15, 0.2) is 0 Å². The predicted molar refractivity (Wildman–Crippen MR) is 99.9 cm³/mol. The second kappa shape index (κ2) is 7.86. The van der Waals surface area contributed by atoms with Crippen LogP contribution in [0.25, 0.3) is 0 Å². The molecular weight excluding hydrogens is 346 g/mol. The molecule has 1 aromatic rings. The lowest BCUT2D eigenvalue weighted by atomic mass is 9.93. The minimum atomic E-state index is 0.258. The van der Waals surface area contributed by atoms with E-state index in [1.807, 2.05) is 0 Å². The topological polar surface area (TPSA) is 80.7 Å². The first-order valence-electron chi connectivity index (χ1n) is 10.0. The Labute approximate surface area is 160 Å². The number of nitrogens with zero attached hydrogens (tertiary/aromatic N) is 5. The van der Waals surface area contributed by atoms with Crippen molar-refractivity contribution < 1.29 is 14.3 Å². The summed E-state index contributed by atoms with van der Waals surface area (Å²) in [6.07, 6.45) is 6.60. The number of piperidine rings is 1. The number of anilines is 1. The fourth-order valence-corrected chi connectivity index (χ4v) is 4.80. The van der Waals surface area contributed by atoms with Crippen molar-refractivity contribution in [1.82, 2.24) is 19.9 Å². The molecular formula is C19H29N5O3. The fraction of sp³-hybridized carbons (Fsp3) is 0.789. The molecule has 0 radical (unpaired) electrons. The van der Waals surface area contributed by atoms with Crippen LogP contribution in [0.3, 0.4) is 0 Å². The summed E-state index contributed by atoms with van der Waals surface area (Å²) in [7, 11) is 3.06. The molecule has 1 saturated carbocycles. The Morgan fingerprint density at radius 1 is 0.963 bits per heavy atom. The van der Waals surface area contributed by atoms with Gasteiger partial charge in [0.1, 0.15) is 0 Å². The van der Waals surface area contributed by atoms with Crippen molar-refractivity contribution >= 4 is 11.9 Å². The van der Waals surface area contributed by atoms with Gasteiger partial charge in [-0.1, -0.05) is 6.42 Å². The van der Waals surface area contributed by atoms with E-state index in [1.165, 1.54) is 33.5 Å². The largest absolute Gasteiger partial charge is 0.467 e. The summed E-state index contributed by atoms with van der Waals surface area (Å²) in [5, 5.41) is 0. The molecule has 27 heavy (non-hydrogen) atoms. The van der Waals surface area contributed by atoms with Crippen LogP contribution in [0, 0.1) is 17.8 Å². The van der Waals surface area contributed by atoms with Gasteiger partial charge in [-0.15, -0.1) is 4.98 Å². The number of ether oxygens (including phenoxy) is 2. The molecule has 0 aromatic carbocycles. The summed E-state index contributed by atoms with van der Waals surface area (Å²) in [4.78, 5) is 29.7. The number of methoxy groups -OCH3 is 2. The van der Waals surface area contributed by atoms with Gasteiger partial charge in [-0.25, -0.2) is 0 Å². The molecule has 0 spiro atoms. The van der Waals surface area contributed by atoms with Crippen LogP contribution < -0.4 is 14.4 Å². The highest BCUT2D eigenvalue weighted by Crippen LogP contribution is 2.38. The second-order valence-corrected chi connectivity index (χ2v) is 7.99. The Bertz CT molecular complexity index is 643. The molecule has 4 rings (SSSR count). The van der Waals surface area contributed by atoms with Crippen molar-refractivity contribution in [2.24, 2.45) is 17.8 Å². The highest BCUT2D eigenvalue weighted by molar-refractivity contribution is 5.76. The number of rotatable bonds is 5. The van der Waals surface area contributed by atoms with Gasteiger partial charge in [-0.2, -0.15) is 9.97 Å². The second-order valence-electron chi connectivity index (χ2n) is 7.99. The van der Waals surface area contributed by atoms with Crippen LogP contribution in [0.15, 0.2) is 0 Å². The third-order valence-electron chi connectivity index (χ3n) is 6.39. The summed E-state index contributed by atoms with van der Waals surface area (Å²) >= 11 is 0. The van der Waals surface area contributed by atoms with Crippen LogP contribution in [0.5, 0.6) is 12.0 Å². The lowest BCUT2D eigenvalue weighted by Crippen LogP contribution is -2.38. The highest BCUT2D eigenvalue weighted by Gasteiger charge is 2.38. The van der Waals surface area contributed by atoms with E-state index in [4.69, 9.17) is 9.47 Å². The zero-order valence-electron chi connectivity index (χ0n) is 16.3. The molecule has 8 nitrogen and oxygen atoms in total. The third-order valence-corrected chi connectivity index (χ3v) is 6.39. The lowest BCUT2D eigenvalue weighted by molar-refractivity contribution is -0.131. The fourth-order valence-electron chi connectivity index (χ4n) is 4.80. The van der Waals surface area contributed by atoms with Gasteiger partial charge in [0.05, 0.1) is 14.2 Å². The van der Waals surface area contributed by atoms with Crippen LogP contribution in [-0.4, -0.2) is 66.2 Å². The number of hydrogen-bond acceptors (Lipinski definition) is 7. The van der Waals surface area contributed by atoms with Crippen molar-refractivity contribution in [3.8, 4) is 12.0 Å². The van der Waals surface area contributed by atoms with Gasteiger partial charge in [0.2, 0.25) is 11.9 Å². The Hall–Kier alpha value is -2.12. The number of fused-ring (bicyclic) bond motifs is 1. The number of carbonyl (C=O) groups excluding carboxylic acids is 1. The summed E-state index contributed by atoms with van der Waals surface area (Å²) in [5.74, 6) is 2.91. The van der Waals surface area contributed by atoms with Crippen LogP contribution in [-0.2, 0) is 4.79 Å². The van der Waals surface area contributed by atoms with E-state index < -0.39 is 0 Å². The first kappa shape index (κ1) is 18.3. The summed E-state index contributed by atoms with van der Waals surface area (Å²) in [6.45, 7) is 3.65. The molecule has 2 saturated heterocycles. The van der Waals surface area contributed by atoms with Crippen LogP contribution in [0.4, 0.5) is 5.95 Å². The van der Waals surface area contributed by atoms with Crippen molar-refractivity contribution in [1.29, 1.82) is 0 Å². The van der Waals surface area contributed by atoms with Crippen molar-refractivity contribution in [2.45, 2.75) is 38.5 Å². The standard InChI is InChI=1S/C19H29N5O3/c1-26-18-20-17(21-19(22-18)27-2)23-8-6-13(7-9-23)10-16(25)24-11-14-4-3-5-15(14)12-24/h13-15H,3-12H2,1-2H3. The van der Waals surface area contributed by atoms with E-state index in [-0.39, 0.29) is 12.0 Å². The van der Waals surface area contributed by atoms with Gasteiger partial charge >= 0.3 is 12.0 Å². The average Bonchev–Trinajstić information content (AvgIpc) is 3.30. The quantitative estimate of drug-likeness (QED) is 0.775. The monoisotopic (exact) mass is 375 g/mol. The minimum absolute atomic E-state index is 0.258. The summed E-state index contributed by atoms with van der Waals surface area (Å²) in [5.41, 5.74) is 0. The molecule has 1 aromatic heterocycles. The van der Waals surface area contributed by atoms with Gasteiger partial charge in [-0.3, -0.25) is 4.79 Å². The smallest absolute Gasteiger partial charge is 0.324 e. The summed E-state index contributed by atoms with van der Waals surface area (Å²) < 4.78 is 10.3. The normalized spacial score (nSPS) is 25.6. The maximum Gasteiger partial charge on any atom is 0.324 e. The molecule has 148 valence electrons. The SMILES string of the molecule is COc1nc(OC)nc(N2CCC(CC(=O)N3CC4CCCC4C3)CC2)n1. The predicted octanol–water partition coefficient (Wildman–Crippen LogP) is 1.75. The van der Waals surface area contributed by atoms with E-state index in [2.05, 4.69) is 24.8 Å². The van der Waals surface area contributed by atoms with Gasteiger partial charge < -0.3 is 19.3 Å². The minimum Gasteiger partial charge on any atom is -0.467 e. The van der Waals surface area contributed by atoms with Crippen LogP contribution >= 0.6 is 0 Å². The Balaban J connectivity index is 1.29. The summed E-state index contributed by atoms with van der Waals surface area (Å²) in [6, 6.07) is 0.516.